The molecule has 1 aromatic heterocycles. The Morgan fingerprint density at radius 3 is 2.66 bits per heavy atom. The number of rotatable bonds is 7. The molecule has 0 radical (unpaired) electrons. The van der Waals surface area contributed by atoms with Crippen molar-refractivity contribution in [2.45, 2.75) is 24.7 Å². The summed E-state index contributed by atoms with van der Waals surface area (Å²) in [4.78, 5) is 40.1. The molecule has 10 nitrogen and oxygen atoms in total. The van der Waals surface area contributed by atoms with Gasteiger partial charge in [-0.05, 0) is 32.9 Å². The van der Waals surface area contributed by atoms with E-state index in [-0.39, 0.29) is 41.5 Å². The van der Waals surface area contributed by atoms with Gasteiger partial charge in [0, 0.05) is 33.4 Å². The Bertz CT molecular complexity index is 879. The lowest BCUT2D eigenvalue weighted by Crippen LogP contribution is -2.47. The van der Waals surface area contributed by atoms with Crippen LogP contribution in [0.4, 0.5) is 0 Å². The molecule has 1 atom stereocenters. The Labute approximate surface area is 170 Å². The fourth-order valence-corrected chi connectivity index (χ4v) is 4.04. The fourth-order valence-electron chi connectivity index (χ4n) is 3.24. The average molecular weight is 429 g/mol. The van der Waals surface area contributed by atoms with Crippen molar-refractivity contribution in [3.05, 3.63) is 18.0 Å². The van der Waals surface area contributed by atoms with Gasteiger partial charge in [0.15, 0.2) is 0 Å². The lowest BCUT2D eigenvalue weighted by molar-refractivity contribution is -0.151. The van der Waals surface area contributed by atoms with Gasteiger partial charge in [-0.1, -0.05) is 0 Å². The Hall–Kier alpha value is -2.40. The van der Waals surface area contributed by atoms with Crippen molar-refractivity contribution in [2.75, 3.05) is 40.3 Å². The molecule has 0 bridgehead atoms. The summed E-state index contributed by atoms with van der Waals surface area (Å²) in [6.45, 7) is 2.65. The third kappa shape index (κ3) is 5.36. The highest BCUT2D eigenvalue weighted by atomic mass is 32.2. The first-order valence-electron chi connectivity index (χ1n) is 9.40. The first-order valence-corrected chi connectivity index (χ1v) is 10.9. The first-order chi connectivity index (χ1) is 13.6. The van der Waals surface area contributed by atoms with E-state index in [0.717, 1.165) is 0 Å². The Kier molecular flexibility index (Phi) is 7.42. The van der Waals surface area contributed by atoms with Gasteiger partial charge < -0.3 is 19.1 Å². The van der Waals surface area contributed by atoms with E-state index in [1.54, 1.807) is 18.9 Å². The van der Waals surface area contributed by atoms with E-state index >= 15 is 0 Å². The molecule has 11 heteroatoms. The van der Waals surface area contributed by atoms with Crippen LogP contribution in [0.5, 0.6) is 0 Å². The van der Waals surface area contributed by atoms with Crippen LogP contribution in [0.25, 0.3) is 0 Å². The van der Waals surface area contributed by atoms with E-state index in [9.17, 15) is 22.8 Å². The molecule has 1 N–H and O–H groups in total. The number of carbonyl (C=O) groups excluding carboxylic acids is 3. The molecular weight excluding hydrogens is 400 g/mol. The van der Waals surface area contributed by atoms with Gasteiger partial charge >= 0.3 is 5.97 Å². The number of aryl methyl sites for hydroxylation is 1. The summed E-state index contributed by atoms with van der Waals surface area (Å²) in [7, 11) is 0.650. The monoisotopic (exact) mass is 428 g/mol. The Morgan fingerprint density at radius 2 is 2.03 bits per heavy atom. The van der Waals surface area contributed by atoms with Gasteiger partial charge in [0.2, 0.25) is 15.9 Å². The van der Waals surface area contributed by atoms with Crippen LogP contribution in [0, 0.1) is 5.92 Å². The maximum atomic E-state index is 12.7. The van der Waals surface area contributed by atoms with Crippen LogP contribution in [0.1, 0.15) is 30.3 Å². The lowest BCUT2D eigenvalue weighted by atomic mass is 9.98. The number of hydrogen-bond acceptors (Lipinski definition) is 6. The van der Waals surface area contributed by atoms with Crippen LogP contribution < -0.4 is 4.72 Å². The van der Waals surface area contributed by atoms with Crippen molar-refractivity contribution >= 4 is 27.8 Å². The highest BCUT2D eigenvalue weighted by Gasteiger charge is 2.30. The topological polar surface area (TPSA) is 118 Å². The number of esters is 1. The number of likely N-dealkylation sites (tertiary alicyclic amines) is 1. The number of carbonyl (C=O) groups is 3. The summed E-state index contributed by atoms with van der Waals surface area (Å²) in [5, 5.41) is 0. The summed E-state index contributed by atoms with van der Waals surface area (Å²) in [6, 6.07) is 1.27. The number of piperidine rings is 1. The van der Waals surface area contributed by atoms with Crippen LogP contribution in [-0.2, 0) is 31.4 Å². The number of nitrogens with one attached hydrogen (secondary N) is 1. The van der Waals surface area contributed by atoms with Crippen LogP contribution in [0.3, 0.4) is 0 Å². The molecule has 1 fully saturated rings. The number of likely N-dealkylation sites (N-methyl/N-ethyl adjacent to an activating group) is 1. The Balaban J connectivity index is 2.04. The predicted molar refractivity (Wildman–Crippen MR) is 105 cm³/mol. The van der Waals surface area contributed by atoms with Crippen molar-refractivity contribution < 1.29 is 27.5 Å². The number of hydrogen-bond donors (Lipinski definition) is 1. The van der Waals surface area contributed by atoms with E-state index < -0.39 is 15.9 Å². The molecule has 1 unspecified atom stereocenters. The molecule has 29 heavy (non-hydrogen) atoms. The van der Waals surface area contributed by atoms with Crippen LogP contribution >= 0.6 is 0 Å². The third-order valence-corrected chi connectivity index (χ3v) is 6.27. The number of nitrogens with zero attached hydrogens (tertiary/aromatic N) is 3. The highest BCUT2D eigenvalue weighted by molar-refractivity contribution is 7.89. The van der Waals surface area contributed by atoms with Crippen LogP contribution in [-0.4, -0.2) is 80.9 Å². The summed E-state index contributed by atoms with van der Waals surface area (Å²) >= 11 is 0. The molecule has 1 aliphatic rings. The molecule has 2 amide bonds. The van der Waals surface area contributed by atoms with E-state index in [0.29, 0.717) is 26.0 Å². The van der Waals surface area contributed by atoms with E-state index in [2.05, 4.69) is 4.72 Å². The van der Waals surface area contributed by atoms with Gasteiger partial charge in [-0.25, -0.2) is 13.1 Å². The van der Waals surface area contributed by atoms with E-state index in [1.165, 1.54) is 35.8 Å². The zero-order chi connectivity index (χ0) is 21.8. The van der Waals surface area contributed by atoms with Crippen molar-refractivity contribution in [1.82, 2.24) is 19.1 Å². The van der Waals surface area contributed by atoms with Crippen molar-refractivity contribution in [2.24, 2.45) is 13.0 Å². The second kappa shape index (κ2) is 9.40. The number of aromatic nitrogens is 1. The summed E-state index contributed by atoms with van der Waals surface area (Å²) in [6.07, 6.45) is 2.70. The third-order valence-electron chi connectivity index (χ3n) is 4.89. The maximum absolute atomic E-state index is 12.7. The number of ether oxygens (including phenoxy) is 1. The normalized spacial score (nSPS) is 17.1. The van der Waals surface area contributed by atoms with Crippen LogP contribution in [0.2, 0.25) is 0 Å². The Morgan fingerprint density at radius 1 is 1.34 bits per heavy atom. The standard InChI is InChI=1S/C18H28N4O6S/c1-5-28-18(25)13-7-6-8-22(10-13)16(23)12-21(4)17(24)15-9-14(11-20(15)3)29(26,27)19-2/h9,11,13,19H,5-8,10,12H2,1-4H3. The first kappa shape index (κ1) is 22.9. The van der Waals surface area contributed by atoms with E-state index in [1.807, 2.05) is 0 Å². The molecule has 162 valence electrons. The van der Waals surface area contributed by atoms with Crippen LogP contribution in [0.15, 0.2) is 17.2 Å². The highest BCUT2D eigenvalue weighted by Crippen LogP contribution is 2.19. The van der Waals surface area contributed by atoms with Crippen molar-refractivity contribution in [3.63, 3.8) is 0 Å². The van der Waals surface area contributed by atoms with E-state index in [4.69, 9.17) is 4.74 Å². The summed E-state index contributed by atoms with van der Waals surface area (Å²) in [5.41, 5.74) is 0.150. The maximum Gasteiger partial charge on any atom is 0.310 e. The van der Waals surface area contributed by atoms with Gasteiger partial charge in [-0.15, -0.1) is 0 Å². The minimum absolute atomic E-state index is 0.0288. The number of amides is 2. The molecule has 1 saturated heterocycles. The smallest absolute Gasteiger partial charge is 0.310 e. The van der Waals surface area contributed by atoms with Gasteiger partial charge in [0.25, 0.3) is 5.91 Å². The molecule has 2 heterocycles. The lowest BCUT2D eigenvalue weighted by Gasteiger charge is -2.32. The molecular formula is C18H28N4O6S. The van der Waals surface area contributed by atoms with Gasteiger partial charge in [0.1, 0.15) is 10.6 Å². The molecule has 0 aliphatic carbocycles. The second-order valence-electron chi connectivity index (χ2n) is 6.97. The SMILES string of the molecule is CCOC(=O)C1CCCN(C(=O)CN(C)C(=O)c2cc(S(=O)(=O)NC)cn2C)C1. The van der Waals surface area contributed by atoms with Gasteiger partial charge in [-0.2, -0.15) is 0 Å². The van der Waals surface area contributed by atoms with Crippen molar-refractivity contribution in [1.29, 1.82) is 0 Å². The minimum Gasteiger partial charge on any atom is -0.466 e. The molecule has 1 aliphatic heterocycles. The average Bonchev–Trinajstić information content (AvgIpc) is 3.10. The van der Waals surface area contributed by atoms with Crippen molar-refractivity contribution in [3.8, 4) is 0 Å². The molecule has 0 spiro atoms. The zero-order valence-electron chi connectivity index (χ0n) is 17.2. The predicted octanol–water partition coefficient (Wildman–Crippen LogP) is -0.193. The molecule has 1 aromatic rings. The molecule has 2 rings (SSSR count). The fraction of sp³-hybridized carbons (Fsp3) is 0.611. The minimum atomic E-state index is -3.68. The second-order valence-corrected chi connectivity index (χ2v) is 8.86. The van der Waals surface area contributed by atoms with Gasteiger partial charge in [0.05, 0.1) is 19.1 Å². The van der Waals surface area contributed by atoms with Gasteiger partial charge in [-0.3, -0.25) is 14.4 Å². The largest absolute Gasteiger partial charge is 0.466 e. The number of sulfonamides is 1. The zero-order valence-corrected chi connectivity index (χ0v) is 18.0. The summed E-state index contributed by atoms with van der Waals surface area (Å²) in [5.74, 6) is -1.41. The quantitative estimate of drug-likeness (QED) is 0.602. The molecule has 0 aromatic carbocycles. The summed E-state index contributed by atoms with van der Waals surface area (Å²) < 4.78 is 32.5. The molecule has 0 saturated carbocycles.